The van der Waals surface area contributed by atoms with Gasteiger partial charge in [-0.25, -0.2) is 9.37 Å². The zero-order valence-corrected chi connectivity index (χ0v) is 27.4. The molecule has 1 aromatic heterocycles. The molecule has 0 bridgehead atoms. The van der Waals surface area contributed by atoms with Crippen molar-refractivity contribution in [2.24, 2.45) is 5.10 Å². The second-order valence-corrected chi connectivity index (χ2v) is 11.7. The SMILES string of the molecule is COc1cc(C)c(-c2nc3ccccc3c(=O)n2N=Cc2cc(Br)c(OCC(=O)Nc3ccc(F)cc3)c([N+](=O)[O-])c2)cc1C(C)C. The Kier molecular flexibility index (Phi) is 9.75. The lowest BCUT2D eigenvalue weighted by atomic mass is 9.96. The lowest BCUT2D eigenvalue weighted by molar-refractivity contribution is -0.385. The number of nitro groups is 1. The van der Waals surface area contributed by atoms with Gasteiger partial charge in [-0.15, -0.1) is 0 Å². The predicted octanol–water partition coefficient (Wildman–Crippen LogP) is 7.21. The molecule has 0 saturated heterocycles. The number of hydrogen-bond acceptors (Lipinski definition) is 8. The highest BCUT2D eigenvalue weighted by molar-refractivity contribution is 9.10. The van der Waals surface area contributed by atoms with Crippen molar-refractivity contribution in [1.29, 1.82) is 0 Å². The number of hydrogen-bond donors (Lipinski definition) is 1. The van der Waals surface area contributed by atoms with Crippen molar-refractivity contribution >= 4 is 50.3 Å². The van der Waals surface area contributed by atoms with E-state index in [0.29, 0.717) is 27.9 Å². The number of aryl methyl sites for hydroxylation is 1. The molecule has 13 heteroatoms. The predicted molar refractivity (Wildman–Crippen MR) is 181 cm³/mol. The van der Waals surface area contributed by atoms with Crippen molar-refractivity contribution in [1.82, 2.24) is 9.66 Å². The fraction of sp³-hybridized carbons (Fsp3) is 0.176. The van der Waals surface area contributed by atoms with E-state index >= 15 is 0 Å². The molecule has 0 saturated carbocycles. The van der Waals surface area contributed by atoms with Crippen molar-refractivity contribution in [2.75, 3.05) is 19.0 Å². The molecule has 1 N–H and O–H groups in total. The summed E-state index contributed by atoms with van der Waals surface area (Å²) in [5.74, 6) is -0.132. The summed E-state index contributed by atoms with van der Waals surface area (Å²) in [4.78, 5) is 42.4. The van der Waals surface area contributed by atoms with Gasteiger partial charge >= 0.3 is 5.69 Å². The number of amides is 1. The number of nitrogens with one attached hydrogen (secondary N) is 1. The van der Waals surface area contributed by atoms with Crippen LogP contribution in [-0.2, 0) is 4.79 Å². The van der Waals surface area contributed by atoms with Crippen LogP contribution in [0.25, 0.3) is 22.3 Å². The molecule has 11 nitrogen and oxygen atoms in total. The number of fused-ring (bicyclic) bond motifs is 1. The minimum absolute atomic E-state index is 0.112. The Morgan fingerprint density at radius 1 is 1.15 bits per heavy atom. The zero-order chi connectivity index (χ0) is 33.8. The second kappa shape index (κ2) is 13.9. The molecule has 240 valence electrons. The summed E-state index contributed by atoms with van der Waals surface area (Å²) in [6.45, 7) is 5.40. The quantitative estimate of drug-likeness (QED) is 0.0922. The second-order valence-electron chi connectivity index (χ2n) is 10.8. The van der Waals surface area contributed by atoms with Gasteiger partial charge in [-0.1, -0.05) is 26.0 Å². The van der Waals surface area contributed by atoms with E-state index < -0.39 is 34.5 Å². The minimum atomic E-state index is -0.654. The number of para-hydroxylation sites is 1. The van der Waals surface area contributed by atoms with Gasteiger partial charge in [-0.2, -0.15) is 9.78 Å². The average Bonchev–Trinajstić information content (AvgIpc) is 3.04. The van der Waals surface area contributed by atoms with E-state index in [-0.39, 0.29) is 27.5 Å². The van der Waals surface area contributed by atoms with E-state index in [9.17, 15) is 24.1 Å². The molecule has 1 amide bonds. The minimum Gasteiger partial charge on any atom is -0.496 e. The molecule has 0 fully saturated rings. The Bertz CT molecular complexity index is 2100. The van der Waals surface area contributed by atoms with Crippen molar-refractivity contribution in [3.8, 4) is 22.9 Å². The maximum absolute atomic E-state index is 13.8. The highest BCUT2D eigenvalue weighted by Crippen LogP contribution is 2.37. The van der Waals surface area contributed by atoms with Gasteiger partial charge in [-0.3, -0.25) is 19.7 Å². The fourth-order valence-electron chi connectivity index (χ4n) is 4.92. The average molecular weight is 703 g/mol. The first-order chi connectivity index (χ1) is 22.5. The number of nitrogens with zero attached hydrogens (tertiary/aromatic N) is 4. The van der Waals surface area contributed by atoms with Gasteiger partial charge in [0.15, 0.2) is 12.4 Å². The van der Waals surface area contributed by atoms with Gasteiger partial charge in [0.2, 0.25) is 5.75 Å². The Morgan fingerprint density at radius 2 is 1.87 bits per heavy atom. The van der Waals surface area contributed by atoms with Crippen molar-refractivity contribution in [3.63, 3.8) is 0 Å². The van der Waals surface area contributed by atoms with E-state index in [4.69, 9.17) is 14.5 Å². The van der Waals surface area contributed by atoms with Gasteiger partial charge in [0.05, 0.1) is 33.6 Å². The van der Waals surface area contributed by atoms with Crippen LogP contribution in [-0.4, -0.2) is 40.4 Å². The number of halogens is 2. The fourth-order valence-corrected chi connectivity index (χ4v) is 5.50. The van der Waals surface area contributed by atoms with E-state index in [0.717, 1.165) is 11.1 Å². The Hall–Kier alpha value is -5.43. The lowest BCUT2D eigenvalue weighted by Crippen LogP contribution is -2.21. The van der Waals surface area contributed by atoms with Crippen LogP contribution >= 0.6 is 15.9 Å². The smallest absolute Gasteiger partial charge is 0.312 e. The van der Waals surface area contributed by atoms with Crippen LogP contribution in [0.1, 0.15) is 36.5 Å². The number of methoxy groups -OCH3 is 1. The number of rotatable bonds is 10. The molecule has 4 aromatic carbocycles. The van der Waals surface area contributed by atoms with E-state index in [1.165, 1.54) is 47.3 Å². The summed E-state index contributed by atoms with van der Waals surface area (Å²) < 4.78 is 25.6. The molecular formula is C34H29BrFN5O6. The first kappa shape index (κ1) is 32.9. The number of carbonyl (C=O) groups is 1. The van der Waals surface area contributed by atoms with Crippen molar-refractivity contribution in [3.05, 3.63) is 120 Å². The molecule has 0 unspecified atom stereocenters. The highest BCUT2D eigenvalue weighted by Gasteiger charge is 2.22. The molecule has 0 atom stereocenters. The van der Waals surface area contributed by atoms with Crippen LogP contribution in [0.5, 0.6) is 11.5 Å². The molecule has 1 heterocycles. The summed E-state index contributed by atoms with van der Waals surface area (Å²) in [6.07, 6.45) is 1.31. The van der Waals surface area contributed by atoms with Crippen LogP contribution in [0.15, 0.2) is 87.2 Å². The summed E-state index contributed by atoms with van der Waals surface area (Å²) in [6, 6.07) is 18.6. The third kappa shape index (κ3) is 7.20. The van der Waals surface area contributed by atoms with Gasteiger partial charge in [0.25, 0.3) is 11.5 Å². The van der Waals surface area contributed by atoms with Gasteiger partial charge in [0, 0.05) is 22.9 Å². The molecule has 5 aromatic rings. The Labute approximate surface area is 277 Å². The van der Waals surface area contributed by atoms with Crippen LogP contribution in [0.4, 0.5) is 15.8 Å². The molecular weight excluding hydrogens is 673 g/mol. The van der Waals surface area contributed by atoms with Crippen LogP contribution < -0.4 is 20.3 Å². The maximum atomic E-state index is 13.8. The largest absolute Gasteiger partial charge is 0.496 e. The molecule has 47 heavy (non-hydrogen) atoms. The lowest BCUT2D eigenvalue weighted by Gasteiger charge is -2.17. The number of anilines is 1. The normalized spacial score (nSPS) is 11.3. The topological polar surface area (TPSA) is 138 Å². The number of ether oxygens (including phenoxy) is 2. The summed E-state index contributed by atoms with van der Waals surface area (Å²) in [7, 11) is 1.60. The van der Waals surface area contributed by atoms with Crippen LogP contribution in [0.3, 0.4) is 0 Å². The highest BCUT2D eigenvalue weighted by atomic mass is 79.9. The zero-order valence-electron chi connectivity index (χ0n) is 25.8. The number of aromatic nitrogens is 2. The van der Waals surface area contributed by atoms with E-state index in [1.807, 2.05) is 32.9 Å². The van der Waals surface area contributed by atoms with E-state index in [1.54, 1.807) is 31.4 Å². The molecule has 5 rings (SSSR count). The van der Waals surface area contributed by atoms with Gasteiger partial charge in [-0.05, 0) is 94.5 Å². The third-order valence-corrected chi connectivity index (χ3v) is 7.82. The molecule has 0 aliphatic rings. The third-order valence-electron chi connectivity index (χ3n) is 7.23. The number of benzene rings is 4. The van der Waals surface area contributed by atoms with Crippen LogP contribution in [0, 0.1) is 22.9 Å². The monoisotopic (exact) mass is 701 g/mol. The molecule has 0 spiro atoms. The van der Waals surface area contributed by atoms with Crippen molar-refractivity contribution in [2.45, 2.75) is 26.7 Å². The first-order valence-electron chi connectivity index (χ1n) is 14.4. The molecule has 0 aliphatic heterocycles. The summed E-state index contributed by atoms with van der Waals surface area (Å²) in [5.41, 5.74) is 2.63. The maximum Gasteiger partial charge on any atom is 0.312 e. The molecule has 0 aliphatic carbocycles. The summed E-state index contributed by atoms with van der Waals surface area (Å²) >= 11 is 3.30. The number of carbonyl (C=O) groups excluding carboxylic acids is 1. The van der Waals surface area contributed by atoms with Crippen molar-refractivity contribution < 1.29 is 23.6 Å². The van der Waals surface area contributed by atoms with E-state index in [2.05, 4.69) is 26.3 Å². The first-order valence-corrected chi connectivity index (χ1v) is 15.2. The Morgan fingerprint density at radius 3 is 2.55 bits per heavy atom. The molecule has 0 radical (unpaired) electrons. The van der Waals surface area contributed by atoms with Gasteiger partial charge in [0.1, 0.15) is 11.6 Å². The summed E-state index contributed by atoms with van der Waals surface area (Å²) in [5, 5.41) is 19.4. The Balaban J connectivity index is 1.53. The van der Waals surface area contributed by atoms with Gasteiger partial charge < -0.3 is 14.8 Å². The van der Waals surface area contributed by atoms with Crippen LogP contribution in [0.2, 0.25) is 0 Å². The number of nitro benzene ring substituents is 1. The standard InChI is InChI=1S/C34H29BrFN5O6/c1-19(2)25-16-26(20(3)13-30(25)46-4)33-39-28-8-6-5-7-24(28)34(43)40(33)37-17-21-14-27(35)32(29(15-21)41(44)45)47-18-31(42)38-23-11-9-22(36)10-12-23/h5-17,19H,18H2,1-4H3,(H,38,42).